The number of rotatable bonds is 1. The molecule has 0 aromatic heterocycles. The monoisotopic (exact) mass is 261 g/mol. The highest BCUT2D eigenvalue weighted by Crippen LogP contribution is 2.42. The predicted molar refractivity (Wildman–Crippen MR) is 70.6 cm³/mol. The van der Waals surface area contributed by atoms with Gasteiger partial charge >= 0.3 is 0 Å². The molecule has 1 aliphatic carbocycles. The van der Waals surface area contributed by atoms with Gasteiger partial charge in [-0.15, -0.1) is 0 Å². The molecule has 3 rings (SSSR count). The van der Waals surface area contributed by atoms with Crippen molar-refractivity contribution in [1.29, 1.82) is 0 Å². The largest absolute Gasteiger partial charge is 0.393 e. The van der Waals surface area contributed by atoms with Crippen molar-refractivity contribution < 1.29 is 14.6 Å². The molecule has 1 spiro atoms. The first kappa shape index (κ1) is 12.6. The summed E-state index contributed by atoms with van der Waals surface area (Å²) < 4.78 is 5.98. The number of ether oxygens (including phenoxy) is 1. The number of benzene rings is 1. The summed E-state index contributed by atoms with van der Waals surface area (Å²) in [5.41, 5.74) is 0.0899. The van der Waals surface area contributed by atoms with Gasteiger partial charge < -0.3 is 14.7 Å². The Morgan fingerprint density at radius 2 is 2.16 bits per heavy atom. The molecule has 1 saturated carbocycles. The van der Waals surface area contributed by atoms with Crippen LogP contribution in [0.25, 0.3) is 0 Å². The number of hydrogen-bond donors (Lipinski definition) is 1. The Morgan fingerprint density at radius 1 is 1.42 bits per heavy atom. The number of nitrogens with zero attached hydrogens (tertiary/aromatic N) is 1. The fraction of sp³-hybridized carbons (Fsp3) is 0.533. The first-order chi connectivity index (χ1) is 9.11. The Kier molecular flexibility index (Phi) is 3.07. The van der Waals surface area contributed by atoms with Crippen LogP contribution in [0.4, 0.5) is 0 Å². The summed E-state index contributed by atoms with van der Waals surface area (Å²) in [6.07, 6.45) is 1.60. The van der Waals surface area contributed by atoms with Crippen molar-refractivity contribution in [1.82, 2.24) is 4.90 Å². The summed E-state index contributed by atoms with van der Waals surface area (Å²) >= 11 is 0. The van der Waals surface area contributed by atoms with Gasteiger partial charge in [0.1, 0.15) is 5.72 Å². The molecule has 1 aromatic rings. The highest BCUT2D eigenvalue weighted by molar-refractivity contribution is 5.94. The minimum atomic E-state index is -0.592. The maximum Gasteiger partial charge on any atom is 0.256 e. The molecule has 2 aliphatic rings. The second-order valence-corrected chi connectivity index (χ2v) is 5.55. The molecule has 1 saturated heterocycles. The zero-order valence-corrected chi connectivity index (χ0v) is 11.1. The van der Waals surface area contributed by atoms with E-state index in [0.29, 0.717) is 24.9 Å². The number of carbonyl (C=O) groups is 1. The van der Waals surface area contributed by atoms with Crippen molar-refractivity contribution in [2.24, 2.45) is 0 Å². The first-order valence-electron chi connectivity index (χ1n) is 6.84. The number of aliphatic hydroxyl groups excluding tert-OH is 1. The van der Waals surface area contributed by atoms with Crippen molar-refractivity contribution >= 4 is 5.91 Å². The van der Waals surface area contributed by atoms with Crippen LogP contribution >= 0.6 is 0 Å². The van der Waals surface area contributed by atoms with Crippen LogP contribution in [0.5, 0.6) is 0 Å². The number of amides is 1. The van der Waals surface area contributed by atoms with Crippen LogP contribution < -0.4 is 0 Å². The molecule has 3 unspecified atom stereocenters. The van der Waals surface area contributed by atoms with E-state index >= 15 is 0 Å². The molecule has 3 atom stereocenters. The number of aliphatic hydroxyl groups is 1. The van der Waals surface area contributed by atoms with E-state index in [0.717, 1.165) is 6.42 Å². The topological polar surface area (TPSA) is 49.8 Å². The van der Waals surface area contributed by atoms with Crippen LogP contribution in [0.15, 0.2) is 30.3 Å². The highest BCUT2D eigenvalue weighted by Gasteiger charge is 2.52. The molecule has 1 aliphatic heterocycles. The molecule has 1 aromatic carbocycles. The first-order valence-corrected chi connectivity index (χ1v) is 6.84. The summed E-state index contributed by atoms with van der Waals surface area (Å²) in [6.45, 7) is 2.57. The molecule has 4 heteroatoms. The second kappa shape index (κ2) is 4.62. The molecule has 2 fully saturated rings. The zero-order valence-electron chi connectivity index (χ0n) is 11.1. The third-order valence-electron chi connectivity index (χ3n) is 4.04. The van der Waals surface area contributed by atoms with Crippen molar-refractivity contribution in [3.05, 3.63) is 35.9 Å². The van der Waals surface area contributed by atoms with Gasteiger partial charge in [-0.1, -0.05) is 18.2 Å². The van der Waals surface area contributed by atoms with Crippen LogP contribution in [0.2, 0.25) is 0 Å². The van der Waals surface area contributed by atoms with Gasteiger partial charge in [-0.3, -0.25) is 4.79 Å². The molecule has 1 N–H and O–H groups in total. The molecule has 1 amide bonds. The normalized spacial score (nSPS) is 34.1. The van der Waals surface area contributed by atoms with Crippen molar-refractivity contribution in [2.75, 3.05) is 6.54 Å². The Balaban J connectivity index is 1.88. The fourth-order valence-electron chi connectivity index (χ4n) is 3.22. The summed E-state index contributed by atoms with van der Waals surface area (Å²) in [7, 11) is 0. The number of carbonyl (C=O) groups excluding carboxylic acids is 1. The Hall–Kier alpha value is -1.39. The summed E-state index contributed by atoms with van der Waals surface area (Å²) in [5.74, 6) is -0.000880. The third-order valence-corrected chi connectivity index (χ3v) is 4.04. The minimum Gasteiger partial charge on any atom is -0.393 e. The molecular weight excluding hydrogens is 242 g/mol. The zero-order chi connectivity index (χ0) is 13.5. The van der Waals surface area contributed by atoms with Gasteiger partial charge in [-0.25, -0.2) is 0 Å². The highest BCUT2D eigenvalue weighted by atomic mass is 16.5. The maximum absolute atomic E-state index is 12.6. The Bertz CT molecular complexity index is 472. The quantitative estimate of drug-likeness (QED) is 0.838. The van der Waals surface area contributed by atoms with Gasteiger partial charge in [-0.2, -0.15) is 0 Å². The van der Waals surface area contributed by atoms with E-state index in [9.17, 15) is 9.90 Å². The molecule has 0 radical (unpaired) electrons. The predicted octanol–water partition coefficient (Wildman–Crippen LogP) is 1.79. The fourth-order valence-corrected chi connectivity index (χ4v) is 3.22. The van der Waals surface area contributed by atoms with Crippen molar-refractivity contribution in [2.45, 2.75) is 44.1 Å². The average Bonchev–Trinajstić information content (AvgIpc) is 2.93. The lowest BCUT2D eigenvalue weighted by atomic mass is 10.1. The van der Waals surface area contributed by atoms with Gasteiger partial charge in [-0.05, 0) is 31.9 Å². The smallest absolute Gasteiger partial charge is 0.256 e. The molecule has 4 nitrogen and oxygen atoms in total. The maximum atomic E-state index is 12.6. The van der Waals surface area contributed by atoms with E-state index in [-0.39, 0.29) is 18.1 Å². The van der Waals surface area contributed by atoms with Gasteiger partial charge in [0.05, 0.1) is 12.2 Å². The van der Waals surface area contributed by atoms with E-state index in [1.165, 1.54) is 0 Å². The van der Waals surface area contributed by atoms with E-state index in [4.69, 9.17) is 4.74 Å². The van der Waals surface area contributed by atoms with E-state index < -0.39 is 5.72 Å². The Morgan fingerprint density at radius 3 is 2.79 bits per heavy atom. The average molecular weight is 261 g/mol. The third kappa shape index (κ3) is 2.15. The Labute approximate surface area is 113 Å². The molecule has 19 heavy (non-hydrogen) atoms. The van der Waals surface area contributed by atoms with Gasteiger partial charge in [0.2, 0.25) is 0 Å². The van der Waals surface area contributed by atoms with Gasteiger partial charge in [0, 0.05) is 18.5 Å². The van der Waals surface area contributed by atoms with E-state index in [1.54, 1.807) is 0 Å². The van der Waals surface area contributed by atoms with Crippen LogP contribution in [0.1, 0.15) is 36.5 Å². The van der Waals surface area contributed by atoms with E-state index in [1.807, 2.05) is 42.2 Å². The molecule has 102 valence electrons. The molecular formula is C15H19NO3. The lowest BCUT2D eigenvalue weighted by molar-refractivity contribution is -0.0883. The molecule has 1 heterocycles. The lowest BCUT2D eigenvalue weighted by Crippen LogP contribution is -2.46. The summed E-state index contributed by atoms with van der Waals surface area (Å²) in [6, 6.07) is 9.28. The summed E-state index contributed by atoms with van der Waals surface area (Å²) in [5, 5.41) is 9.79. The van der Waals surface area contributed by atoms with Crippen molar-refractivity contribution in [3.8, 4) is 0 Å². The van der Waals surface area contributed by atoms with Crippen LogP contribution in [0, 0.1) is 0 Å². The van der Waals surface area contributed by atoms with Crippen LogP contribution in [-0.4, -0.2) is 40.4 Å². The van der Waals surface area contributed by atoms with Crippen LogP contribution in [0.3, 0.4) is 0 Å². The summed E-state index contributed by atoms with van der Waals surface area (Å²) in [4.78, 5) is 14.4. The standard InChI is InChI=1S/C15H19NO3/c1-11-10-16(14(18)12-5-3-2-4-6-12)15(19-11)8-7-13(17)9-15/h2-6,11,13,17H,7-10H2,1H3. The van der Waals surface area contributed by atoms with Gasteiger partial charge in [0.15, 0.2) is 0 Å². The van der Waals surface area contributed by atoms with Gasteiger partial charge in [0.25, 0.3) is 5.91 Å². The van der Waals surface area contributed by atoms with Crippen molar-refractivity contribution in [3.63, 3.8) is 0 Å². The lowest BCUT2D eigenvalue weighted by Gasteiger charge is -2.33. The van der Waals surface area contributed by atoms with E-state index in [2.05, 4.69) is 0 Å². The molecule has 0 bridgehead atoms. The van der Waals surface area contributed by atoms with Crippen LogP contribution in [-0.2, 0) is 4.74 Å². The minimum absolute atomic E-state index is 0.000880. The number of hydrogen-bond acceptors (Lipinski definition) is 3. The SMILES string of the molecule is CC1CN(C(=O)c2ccccc2)C2(CCC(O)C2)O1. The second-order valence-electron chi connectivity index (χ2n) is 5.55.